The monoisotopic (exact) mass is 846 g/mol. The van der Waals surface area contributed by atoms with Gasteiger partial charge in [-0.15, -0.1) is 24.8 Å². The third-order valence-corrected chi connectivity index (χ3v) is 51.5. The van der Waals surface area contributed by atoms with Gasteiger partial charge in [0.1, 0.15) is 0 Å². The molecule has 0 nitrogen and oxygen atoms in total. The zero-order chi connectivity index (χ0) is 31.3. The molecule has 0 heterocycles. The van der Waals surface area contributed by atoms with Gasteiger partial charge in [-0.1, -0.05) is 0 Å². The van der Waals surface area contributed by atoms with Crippen LogP contribution in [0, 0.1) is 0 Å². The second-order valence-corrected chi connectivity index (χ2v) is 45.8. The van der Waals surface area contributed by atoms with Crippen molar-refractivity contribution in [1.29, 1.82) is 0 Å². The molecule has 0 saturated heterocycles. The van der Waals surface area contributed by atoms with E-state index in [1.807, 2.05) is 0 Å². The van der Waals surface area contributed by atoms with Crippen LogP contribution in [0.15, 0.2) is 169 Å². The molecule has 0 aromatic heterocycles. The van der Waals surface area contributed by atoms with Crippen molar-refractivity contribution in [1.82, 2.24) is 0 Å². The van der Waals surface area contributed by atoms with Gasteiger partial charge in [0, 0.05) is 0 Å². The van der Waals surface area contributed by atoms with Crippen LogP contribution in [-0.2, 0) is 17.1 Å². The van der Waals surface area contributed by atoms with Crippen molar-refractivity contribution in [3.05, 3.63) is 191 Å². The first-order valence-electron chi connectivity index (χ1n) is 16.4. The molecule has 6 aromatic carbocycles. The number of allylic oxidation sites excluding steroid dienone is 2. The fourth-order valence-corrected chi connectivity index (χ4v) is 51.2. The smallest absolute Gasteiger partial charge is 0.147 e. The summed E-state index contributed by atoms with van der Waals surface area (Å²) in [7, 11) is 0. The van der Waals surface area contributed by atoms with Gasteiger partial charge < -0.3 is 0 Å². The van der Waals surface area contributed by atoms with Gasteiger partial charge in [0.25, 0.3) is 0 Å². The van der Waals surface area contributed by atoms with Crippen LogP contribution in [0.3, 0.4) is 0 Å². The normalized spacial score (nSPS) is 16.5. The molecule has 8 rings (SSSR count). The fraction of sp³-hybridized carbons (Fsp3) is 0.0909. The topological polar surface area (TPSA) is 0 Å². The zero-order valence-electron chi connectivity index (χ0n) is 27.3. The van der Waals surface area contributed by atoms with Gasteiger partial charge in [-0.2, -0.15) is 0 Å². The predicted molar refractivity (Wildman–Crippen MR) is 212 cm³/mol. The molecule has 0 N–H and O–H groups in total. The number of hydrogen-bond donors (Lipinski definition) is 0. The number of benzene rings is 6. The number of fused-ring (bicyclic) bond motifs is 2. The van der Waals surface area contributed by atoms with E-state index in [9.17, 15) is 0 Å². The summed E-state index contributed by atoms with van der Waals surface area (Å²) < 4.78 is 3.77. The molecule has 0 amide bonds. The van der Waals surface area contributed by atoms with Crippen molar-refractivity contribution in [3.8, 4) is 22.3 Å². The summed E-state index contributed by atoms with van der Waals surface area (Å²) >= 11 is -4.78. The second kappa shape index (κ2) is 13.4. The minimum Gasteiger partial charge on any atom is -0.147 e. The molecule has 6 aromatic rings. The fourth-order valence-electron chi connectivity index (χ4n) is 9.26. The average molecular weight is 846 g/mol. The first kappa shape index (κ1) is 34.3. The first-order chi connectivity index (χ1) is 22.5. The predicted octanol–water partition coefficient (Wildman–Crippen LogP) is 10.4. The van der Waals surface area contributed by atoms with Crippen molar-refractivity contribution in [2.75, 3.05) is 0 Å². The Morgan fingerprint density at radius 1 is 0.417 bits per heavy atom. The van der Waals surface area contributed by atoms with E-state index in [4.69, 9.17) is 0 Å². The van der Waals surface area contributed by atoms with E-state index in [0.717, 1.165) is 0 Å². The number of rotatable bonds is 6. The van der Waals surface area contributed by atoms with Gasteiger partial charge in [0.15, 0.2) is 0 Å². The average Bonchev–Trinajstić information content (AvgIpc) is 3.66. The summed E-state index contributed by atoms with van der Waals surface area (Å²) in [5.41, 5.74) is 14.0. The Hall–Kier alpha value is -3.53. The SMILES string of the molecule is CC1=Cc2c(-c3ccccc3)cccc2[CH]1[Hf](=[SiH2])([c]1ccccc1)([c]1ccccc1)[CH]1C(C)=Cc2c(-c3ccccc3)cccc21.Cl.Cl. The summed E-state index contributed by atoms with van der Waals surface area (Å²) in [6, 6.07) is 59.5. The maximum Gasteiger partial charge on any atom is -0.147 e. The Balaban J connectivity index is 0.00000201. The standard InChI is InChI=1S/2C16H13.2C6H5.2ClH.Hf.H2Si/c2*1-12-10-14-8-5-9-15(16(14)11-12)13-6-3-2-4-7-13;2*1-2-4-6-5-3-1;;;;/h2*2-11H,1H3;2*1-5H;2*1H;;1H2. The third-order valence-electron chi connectivity index (χ3n) is 11.0. The minimum absolute atomic E-state index is 0. The van der Waals surface area contributed by atoms with Crippen molar-refractivity contribution in [2.45, 2.75) is 21.2 Å². The van der Waals surface area contributed by atoms with Crippen LogP contribution < -0.4 is 6.64 Å². The maximum absolute atomic E-state index is 4.78. The van der Waals surface area contributed by atoms with E-state index in [-0.39, 0.29) is 24.8 Å². The summed E-state index contributed by atoms with van der Waals surface area (Å²) in [6.45, 7) is 7.29. The van der Waals surface area contributed by atoms with Crippen LogP contribution in [0.25, 0.3) is 34.4 Å². The molecule has 0 radical (unpaired) electrons. The molecule has 2 aliphatic rings. The zero-order valence-corrected chi connectivity index (χ0v) is 34.0. The van der Waals surface area contributed by atoms with Crippen LogP contribution in [0.1, 0.15) is 43.5 Å². The molecule has 0 saturated carbocycles. The largest absolute Gasteiger partial charge is 0.147 e. The van der Waals surface area contributed by atoms with Gasteiger partial charge in [-0.05, 0) is 0 Å². The maximum atomic E-state index is 2.54. The quantitative estimate of drug-likeness (QED) is 0.147. The molecule has 238 valence electrons. The van der Waals surface area contributed by atoms with E-state index in [2.05, 4.69) is 191 Å². The third kappa shape index (κ3) is 5.03. The van der Waals surface area contributed by atoms with E-state index < -0.39 is 17.1 Å². The summed E-state index contributed by atoms with van der Waals surface area (Å²) in [4.78, 5) is 0. The Morgan fingerprint density at radius 2 is 0.750 bits per heavy atom. The van der Waals surface area contributed by atoms with Gasteiger partial charge in [-0.25, -0.2) is 0 Å². The molecule has 2 unspecified atom stereocenters. The van der Waals surface area contributed by atoms with E-state index >= 15 is 0 Å². The van der Waals surface area contributed by atoms with Crippen LogP contribution in [-0.4, -0.2) is 6.94 Å². The molecule has 48 heavy (non-hydrogen) atoms. The van der Waals surface area contributed by atoms with Crippen LogP contribution >= 0.6 is 24.8 Å². The van der Waals surface area contributed by atoms with Gasteiger partial charge in [-0.3, -0.25) is 0 Å². The van der Waals surface area contributed by atoms with E-state index in [1.165, 1.54) is 55.7 Å². The van der Waals surface area contributed by atoms with Crippen molar-refractivity contribution >= 4 is 50.5 Å². The molecule has 0 fully saturated rings. The van der Waals surface area contributed by atoms with Gasteiger partial charge >= 0.3 is 277 Å². The van der Waals surface area contributed by atoms with Gasteiger partial charge in [0.05, 0.1) is 0 Å². The summed E-state index contributed by atoms with van der Waals surface area (Å²) in [6.07, 6.45) is 5.07. The molecule has 2 aliphatic carbocycles. The van der Waals surface area contributed by atoms with Crippen LogP contribution in [0.2, 0.25) is 0 Å². The molecule has 0 spiro atoms. The number of halogens is 2. The first-order valence-corrected chi connectivity index (χ1v) is 32.4. The molecule has 2 atom stereocenters. The second-order valence-electron chi connectivity index (χ2n) is 13.4. The Morgan fingerprint density at radius 3 is 1.10 bits per heavy atom. The molecule has 4 heteroatoms. The molecule has 0 aliphatic heterocycles. The van der Waals surface area contributed by atoms with E-state index in [0.29, 0.717) is 7.35 Å². The Kier molecular flexibility index (Phi) is 9.59. The van der Waals surface area contributed by atoms with Crippen LogP contribution in [0.5, 0.6) is 0 Å². The van der Waals surface area contributed by atoms with Crippen molar-refractivity contribution in [2.24, 2.45) is 0 Å². The molecular formula is C44H40Cl2HfSi. The molecular weight excluding hydrogens is 806 g/mol. The Labute approximate surface area is 300 Å². The summed E-state index contributed by atoms with van der Waals surface area (Å²) in [5, 5.41) is 0. The van der Waals surface area contributed by atoms with E-state index in [1.54, 1.807) is 6.64 Å². The minimum atomic E-state index is -4.78. The van der Waals surface area contributed by atoms with Crippen molar-refractivity contribution in [3.63, 3.8) is 0 Å². The number of hydrogen-bond acceptors (Lipinski definition) is 0. The molecule has 0 bridgehead atoms. The van der Waals surface area contributed by atoms with Crippen molar-refractivity contribution < 1.29 is 17.1 Å². The Bertz CT molecular complexity index is 2060. The van der Waals surface area contributed by atoms with Crippen LogP contribution in [0.4, 0.5) is 0 Å². The summed E-state index contributed by atoms with van der Waals surface area (Å²) in [5.74, 6) is 0. The van der Waals surface area contributed by atoms with Gasteiger partial charge in [0.2, 0.25) is 0 Å².